The molecular weight excluding hydrogens is 246 g/mol. The van der Waals surface area contributed by atoms with Crippen molar-refractivity contribution in [2.75, 3.05) is 19.6 Å². The number of amides is 1. The average Bonchev–Trinajstić information content (AvgIpc) is 2.93. The van der Waals surface area contributed by atoms with E-state index < -0.39 is 4.92 Å². The second-order valence-corrected chi connectivity index (χ2v) is 4.51. The average molecular weight is 263 g/mol. The highest BCUT2D eigenvalue weighted by atomic mass is 16.6. The Morgan fingerprint density at radius 1 is 1.53 bits per heavy atom. The molecule has 19 heavy (non-hydrogen) atoms. The summed E-state index contributed by atoms with van der Waals surface area (Å²) in [6, 6.07) is 6.24. The molecule has 1 amide bonds. The Morgan fingerprint density at radius 2 is 2.26 bits per heavy atom. The van der Waals surface area contributed by atoms with Crippen LogP contribution in [0.2, 0.25) is 0 Å². The Labute approximate surface area is 111 Å². The molecule has 1 aliphatic rings. The van der Waals surface area contributed by atoms with Crippen molar-refractivity contribution in [2.45, 2.75) is 19.4 Å². The molecule has 1 aromatic carbocycles. The summed E-state index contributed by atoms with van der Waals surface area (Å²) in [4.78, 5) is 24.7. The van der Waals surface area contributed by atoms with E-state index in [9.17, 15) is 14.9 Å². The highest BCUT2D eigenvalue weighted by molar-refractivity contribution is 5.98. The van der Waals surface area contributed by atoms with Gasteiger partial charge in [-0.05, 0) is 26.0 Å². The van der Waals surface area contributed by atoms with E-state index in [1.807, 2.05) is 6.92 Å². The number of para-hydroxylation sites is 1. The van der Waals surface area contributed by atoms with E-state index in [0.717, 1.165) is 19.5 Å². The molecule has 6 nitrogen and oxygen atoms in total. The second kappa shape index (κ2) is 5.79. The molecule has 1 unspecified atom stereocenters. The monoisotopic (exact) mass is 263 g/mol. The summed E-state index contributed by atoms with van der Waals surface area (Å²) in [7, 11) is 0. The molecule has 1 aromatic rings. The Kier molecular flexibility index (Phi) is 4.11. The maximum Gasteiger partial charge on any atom is 0.282 e. The smallest absolute Gasteiger partial charge is 0.282 e. The van der Waals surface area contributed by atoms with Gasteiger partial charge in [-0.3, -0.25) is 14.9 Å². The molecule has 1 atom stereocenters. The minimum absolute atomic E-state index is 0.123. The summed E-state index contributed by atoms with van der Waals surface area (Å²) in [6.45, 7) is 4.08. The molecule has 0 bridgehead atoms. The van der Waals surface area contributed by atoms with Gasteiger partial charge < -0.3 is 10.2 Å². The number of nitrogens with zero attached hydrogens (tertiary/aromatic N) is 2. The van der Waals surface area contributed by atoms with E-state index in [4.69, 9.17) is 0 Å². The molecule has 1 heterocycles. The lowest BCUT2D eigenvalue weighted by Gasteiger charge is -2.27. The number of nitro groups is 1. The van der Waals surface area contributed by atoms with Gasteiger partial charge in [-0.1, -0.05) is 12.1 Å². The summed E-state index contributed by atoms with van der Waals surface area (Å²) < 4.78 is 0. The van der Waals surface area contributed by atoms with Gasteiger partial charge in [0.25, 0.3) is 11.6 Å². The van der Waals surface area contributed by atoms with Crippen molar-refractivity contribution in [3.63, 3.8) is 0 Å². The minimum Gasteiger partial charge on any atom is -0.334 e. The van der Waals surface area contributed by atoms with E-state index in [0.29, 0.717) is 6.54 Å². The van der Waals surface area contributed by atoms with Crippen LogP contribution < -0.4 is 5.32 Å². The van der Waals surface area contributed by atoms with Crippen LogP contribution in [-0.4, -0.2) is 41.4 Å². The topological polar surface area (TPSA) is 75.5 Å². The molecule has 0 radical (unpaired) electrons. The second-order valence-electron chi connectivity index (χ2n) is 4.51. The molecule has 0 aromatic heterocycles. The summed E-state index contributed by atoms with van der Waals surface area (Å²) in [6.07, 6.45) is 0.889. The van der Waals surface area contributed by atoms with Crippen molar-refractivity contribution in [2.24, 2.45) is 0 Å². The summed E-state index contributed by atoms with van der Waals surface area (Å²) >= 11 is 0. The molecule has 1 aliphatic heterocycles. The van der Waals surface area contributed by atoms with Crippen LogP contribution in [0.15, 0.2) is 24.3 Å². The SMILES string of the molecule is CCN(C(=O)c1ccccc1[N+](=O)[O-])C1CCNC1. The van der Waals surface area contributed by atoms with Crippen LogP contribution in [-0.2, 0) is 0 Å². The van der Waals surface area contributed by atoms with E-state index in [2.05, 4.69) is 5.32 Å². The van der Waals surface area contributed by atoms with Gasteiger partial charge in [-0.25, -0.2) is 0 Å². The predicted molar refractivity (Wildman–Crippen MR) is 71.1 cm³/mol. The van der Waals surface area contributed by atoms with Crippen molar-refractivity contribution in [3.8, 4) is 0 Å². The number of nitrogens with one attached hydrogen (secondary N) is 1. The van der Waals surface area contributed by atoms with E-state index in [-0.39, 0.29) is 23.2 Å². The fraction of sp³-hybridized carbons (Fsp3) is 0.462. The maximum atomic E-state index is 12.5. The van der Waals surface area contributed by atoms with Crippen molar-refractivity contribution in [1.82, 2.24) is 10.2 Å². The number of hydrogen-bond donors (Lipinski definition) is 1. The van der Waals surface area contributed by atoms with E-state index >= 15 is 0 Å². The normalized spacial score (nSPS) is 18.3. The molecule has 0 spiro atoms. The quantitative estimate of drug-likeness (QED) is 0.658. The van der Waals surface area contributed by atoms with Gasteiger partial charge in [-0.15, -0.1) is 0 Å². The lowest BCUT2D eigenvalue weighted by Crippen LogP contribution is -2.41. The Balaban J connectivity index is 2.29. The number of carbonyl (C=O) groups is 1. The van der Waals surface area contributed by atoms with Crippen LogP contribution in [0.3, 0.4) is 0 Å². The van der Waals surface area contributed by atoms with Crippen molar-refractivity contribution in [3.05, 3.63) is 39.9 Å². The zero-order chi connectivity index (χ0) is 13.8. The Hall–Kier alpha value is -1.95. The van der Waals surface area contributed by atoms with Crippen LogP contribution in [0.1, 0.15) is 23.7 Å². The van der Waals surface area contributed by atoms with Gasteiger partial charge in [-0.2, -0.15) is 0 Å². The zero-order valence-electron chi connectivity index (χ0n) is 10.8. The lowest BCUT2D eigenvalue weighted by molar-refractivity contribution is -0.385. The zero-order valence-corrected chi connectivity index (χ0v) is 10.8. The third-order valence-electron chi connectivity index (χ3n) is 3.41. The van der Waals surface area contributed by atoms with Gasteiger partial charge >= 0.3 is 0 Å². The molecule has 0 saturated carbocycles. The van der Waals surface area contributed by atoms with Gasteiger partial charge in [0.1, 0.15) is 5.56 Å². The third kappa shape index (κ3) is 2.73. The Bertz CT molecular complexity index is 484. The van der Waals surface area contributed by atoms with Gasteiger partial charge in [0, 0.05) is 25.2 Å². The van der Waals surface area contributed by atoms with Crippen LogP contribution in [0, 0.1) is 10.1 Å². The number of hydrogen-bond acceptors (Lipinski definition) is 4. The fourth-order valence-electron chi connectivity index (χ4n) is 2.44. The Morgan fingerprint density at radius 3 is 2.84 bits per heavy atom. The molecule has 0 aliphatic carbocycles. The third-order valence-corrected chi connectivity index (χ3v) is 3.41. The van der Waals surface area contributed by atoms with Crippen molar-refractivity contribution < 1.29 is 9.72 Å². The number of nitro benzene ring substituents is 1. The molecule has 102 valence electrons. The van der Waals surface area contributed by atoms with Gasteiger partial charge in [0.2, 0.25) is 0 Å². The number of rotatable bonds is 4. The fourth-order valence-corrected chi connectivity index (χ4v) is 2.44. The number of benzene rings is 1. The van der Waals surface area contributed by atoms with Crippen LogP contribution >= 0.6 is 0 Å². The molecule has 6 heteroatoms. The molecular formula is C13H17N3O3. The van der Waals surface area contributed by atoms with Gasteiger partial charge in [0.05, 0.1) is 4.92 Å². The highest BCUT2D eigenvalue weighted by Gasteiger charge is 2.29. The number of likely N-dealkylation sites (N-methyl/N-ethyl adjacent to an activating group) is 1. The van der Waals surface area contributed by atoms with Crippen LogP contribution in [0.5, 0.6) is 0 Å². The van der Waals surface area contributed by atoms with E-state index in [1.165, 1.54) is 12.1 Å². The minimum atomic E-state index is -0.506. The van der Waals surface area contributed by atoms with Gasteiger partial charge in [0.15, 0.2) is 0 Å². The van der Waals surface area contributed by atoms with Crippen molar-refractivity contribution >= 4 is 11.6 Å². The maximum absolute atomic E-state index is 12.5. The van der Waals surface area contributed by atoms with E-state index in [1.54, 1.807) is 17.0 Å². The first kappa shape index (κ1) is 13.5. The van der Waals surface area contributed by atoms with Crippen LogP contribution in [0.4, 0.5) is 5.69 Å². The highest BCUT2D eigenvalue weighted by Crippen LogP contribution is 2.21. The number of carbonyl (C=O) groups excluding carboxylic acids is 1. The van der Waals surface area contributed by atoms with Crippen LogP contribution in [0.25, 0.3) is 0 Å². The molecule has 1 N–H and O–H groups in total. The lowest BCUT2D eigenvalue weighted by atomic mass is 10.1. The summed E-state index contributed by atoms with van der Waals surface area (Å²) in [5.74, 6) is -0.261. The molecule has 2 rings (SSSR count). The molecule has 1 fully saturated rings. The first-order chi connectivity index (χ1) is 9.15. The van der Waals surface area contributed by atoms with Crippen molar-refractivity contribution in [1.29, 1.82) is 0 Å². The summed E-state index contributed by atoms with van der Waals surface area (Å²) in [5, 5.41) is 14.2. The standard InChI is InChI=1S/C13H17N3O3/c1-2-15(10-7-8-14-9-10)13(17)11-5-3-4-6-12(11)16(18)19/h3-6,10,14H,2,7-9H2,1H3. The first-order valence-corrected chi connectivity index (χ1v) is 6.40. The first-order valence-electron chi connectivity index (χ1n) is 6.40. The molecule has 1 saturated heterocycles. The summed E-state index contributed by atoms with van der Waals surface area (Å²) in [5.41, 5.74) is 0.0400. The predicted octanol–water partition coefficient (Wildman–Crippen LogP) is 1.42. The largest absolute Gasteiger partial charge is 0.334 e.